The van der Waals surface area contributed by atoms with Crippen molar-refractivity contribution >= 4 is 7.32 Å². The molecule has 0 N–H and O–H groups in total. The van der Waals surface area contributed by atoms with E-state index in [-0.39, 0.29) is 11.7 Å². The zero-order valence-corrected chi connectivity index (χ0v) is 9.95. The summed E-state index contributed by atoms with van der Waals surface area (Å²) in [5.74, 6) is 1.42. The van der Waals surface area contributed by atoms with Crippen molar-refractivity contribution < 1.29 is 14.0 Å². The van der Waals surface area contributed by atoms with Crippen molar-refractivity contribution in [2.75, 3.05) is 7.11 Å². The molecule has 0 aromatic carbocycles. The second kappa shape index (κ2) is 2.79. The summed E-state index contributed by atoms with van der Waals surface area (Å²) in [5.41, 5.74) is 0.288. The van der Waals surface area contributed by atoms with Gasteiger partial charge in [0, 0.05) is 7.11 Å². The zero-order chi connectivity index (χ0) is 10.8. The molecule has 0 aromatic rings. The summed E-state index contributed by atoms with van der Waals surface area (Å²) >= 11 is 0. The minimum atomic E-state index is -0.449. The first-order chi connectivity index (χ1) is 6.98. The van der Waals surface area contributed by atoms with E-state index in [4.69, 9.17) is 14.0 Å². The Labute approximate surface area is 91.6 Å². The summed E-state index contributed by atoms with van der Waals surface area (Å²) < 4.78 is 16.9. The van der Waals surface area contributed by atoms with E-state index in [0.29, 0.717) is 11.3 Å². The van der Waals surface area contributed by atoms with Crippen molar-refractivity contribution in [3.63, 3.8) is 0 Å². The first-order valence-electron chi connectivity index (χ1n) is 5.84. The van der Waals surface area contributed by atoms with E-state index in [1.807, 2.05) is 0 Å². The number of hydrogen-bond acceptors (Lipinski definition) is 3. The smallest absolute Gasteiger partial charge is 0.389 e. The molecule has 3 saturated carbocycles. The van der Waals surface area contributed by atoms with Gasteiger partial charge in [-0.1, -0.05) is 13.8 Å². The minimum absolute atomic E-state index is 0.126. The van der Waals surface area contributed by atoms with Gasteiger partial charge < -0.3 is 14.0 Å². The van der Waals surface area contributed by atoms with Gasteiger partial charge >= 0.3 is 7.32 Å². The first-order valence-corrected chi connectivity index (χ1v) is 5.84. The third-order valence-corrected chi connectivity index (χ3v) is 5.12. The van der Waals surface area contributed by atoms with E-state index >= 15 is 0 Å². The highest BCUT2D eigenvalue weighted by Crippen LogP contribution is 2.65. The molecule has 4 unspecified atom stereocenters. The molecule has 3 nitrogen and oxygen atoms in total. The lowest BCUT2D eigenvalue weighted by Gasteiger charge is -2.64. The Bertz CT molecular complexity index is 294. The standard InChI is InChI=1S/C11H19BO3/c1-10(2)7-5-8(10)11(3)9(6-7)14-12(13-4)15-11/h7-9H,5-6H2,1-4H3. The molecular formula is C11H19BO3. The largest absolute Gasteiger partial charge is 0.640 e. The Morgan fingerprint density at radius 1 is 1.27 bits per heavy atom. The van der Waals surface area contributed by atoms with Crippen LogP contribution in [0.2, 0.25) is 0 Å². The van der Waals surface area contributed by atoms with Crippen molar-refractivity contribution in [2.45, 2.75) is 45.3 Å². The Kier molecular flexibility index (Phi) is 1.88. The van der Waals surface area contributed by atoms with Crippen molar-refractivity contribution in [3.05, 3.63) is 0 Å². The van der Waals surface area contributed by atoms with Crippen LogP contribution in [-0.4, -0.2) is 26.1 Å². The third-order valence-electron chi connectivity index (χ3n) is 5.12. The molecule has 3 aliphatic carbocycles. The molecule has 4 aliphatic rings. The molecule has 0 amide bonds. The van der Waals surface area contributed by atoms with Crippen molar-refractivity contribution in [3.8, 4) is 0 Å². The monoisotopic (exact) mass is 210 g/mol. The van der Waals surface area contributed by atoms with Crippen LogP contribution in [0.3, 0.4) is 0 Å². The predicted molar refractivity (Wildman–Crippen MR) is 57.1 cm³/mol. The molecule has 84 valence electrons. The summed E-state index contributed by atoms with van der Waals surface area (Å²) in [4.78, 5) is 0. The number of hydrogen-bond donors (Lipinski definition) is 0. The predicted octanol–water partition coefficient (Wildman–Crippen LogP) is 1.86. The van der Waals surface area contributed by atoms with Gasteiger partial charge in [0.05, 0.1) is 11.7 Å². The summed E-state index contributed by atoms with van der Waals surface area (Å²) in [5, 5.41) is 0. The third kappa shape index (κ3) is 1.08. The van der Waals surface area contributed by atoms with E-state index in [0.717, 1.165) is 12.3 Å². The van der Waals surface area contributed by atoms with Crippen LogP contribution in [0.5, 0.6) is 0 Å². The normalized spacial score (nSPS) is 51.2. The summed E-state index contributed by atoms with van der Waals surface area (Å²) in [7, 11) is 1.19. The average molecular weight is 210 g/mol. The van der Waals surface area contributed by atoms with E-state index in [2.05, 4.69) is 20.8 Å². The quantitative estimate of drug-likeness (QED) is 0.618. The summed E-state index contributed by atoms with van der Waals surface area (Å²) in [6, 6.07) is 0. The van der Waals surface area contributed by atoms with Crippen LogP contribution < -0.4 is 0 Å². The molecule has 2 bridgehead atoms. The molecule has 4 fully saturated rings. The number of rotatable bonds is 1. The topological polar surface area (TPSA) is 27.7 Å². The molecule has 4 rings (SSSR count). The Morgan fingerprint density at radius 3 is 2.60 bits per heavy atom. The van der Waals surface area contributed by atoms with Gasteiger partial charge in [-0.05, 0) is 37.0 Å². The fourth-order valence-electron chi connectivity index (χ4n) is 3.93. The van der Waals surface area contributed by atoms with Gasteiger partial charge in [-0.2, -0.15) is 0 Å². The van der Waals surface area contributed by atoms with Gasteiger partial charge in [0.2, 0.25) is 0 Å². The fraction of sp³-hybridized carbons (Fsp3) is 1.00. The van der Waals surface area contributed by atoms with Crippen molar-refractivity contribution in [1.82, 2.24) is 0 Å². The molecule has 1 aliphatic heterocycles. The highest BCUT2D eigenvalue weighted by molar-refractivity contribution is 6.37. The molecule has 1 heterocycles. The van der Waals surface area contributed by atoms with Crippen LogP contribution in [0.4, 0.5) is 0 Å². The second-order valence-electron chi connectivity index (χ2n) is 5.99. The molecule has 0 aromatic heterocycles. The maximum absolute atomic E-state index is 5.94. The van der Waals surface area contributed by atoms with E-state index in [1.54, 1.807) is 7.11 Å². The summed E-state index contributed by atoms with van der Waals surface area (Å²) in [6.07, 6.45) is 2.65. The Morgan fingerprint density at radius 2 is 2.00 bits per heavy atom. The second-order valence-corrected chi connectivity index (χ2v) is 5.99. The van der Waals surface area contributed by atoms with Crippen LogP contribution in [-0.2, 0) is 14.0 Å². The maximum atomic E-state index is 5.94. The van der Waals surface area contributed by atoms with E-state index in [1.165, 1.54) is 6.42 Å². The van der Waals surface area contributed by atoms with Crippen LogP contribution in [0.15, 0.2) is 0 Å². The Balaban J connectivity index is 1.89. The molecule has 4 atom stereocenters. The lowest BCUT2D eigenvalue weighted by molar-refractivity contribution is -0.199. The molecule has 0 spiro atoms. The highest BCUT2D eigenvalue weighted by atomic mass is 16.8. The van der Waals surface area contributed by atoms with Crippen LogP contribution in [0.25, 0.3) is 0 Å². The van der Waals surface area contributed by atoms with Gasteiger partial charge in [-0.15, -0.1) is 0 Å². The van der Waals surface area contributed by atoms with Crippen LogP contribution in [0.1, 0.15) is 33.6 Å². The van der Waals surface area contributed by atoms with Gasteiger partial charge in [-0.3, -0.25) is 0 Å². The fourth-order valence-corrected chi connectivity index (χ4v) is 3.93. The van der Waals surface area contributed by atoms with Crippen molar-refractivity contribution in [2.24, 2.45) is 17.3 Å². The first kappa shape index (κ1) is 10.1. The molecule has 15 heavy (non-hydrogen) atoms. The van der Waals surface area contributed by atoms with Gasteiger partial charge in [0.15, 0.2) is 0 Å². The maximum Gasteiger partial charge on any atom is 0.640 e. The van der Waals surface area contributed by atoms with Gasteiger partial charge in [0.1, 0.15) is 0 Å². The van der Waals surface area contributed by atoms with Crippen LogP contribution in [0, 0.1) is 17.3 Å². The molecule has 1 saturated heterocycles. The molecule has 4 heteroatoms. The SMILES string of the molecule is COB1OC2CC3CC(C3(C)C)C2(C)O1. The van der Waals surface area contributed by atoms with E-state index in [9.17, 15) is 0 Å². The van der Waals surface area contributed by atoms with Gasteiger partial charge in [0.25, 0.3) is 0 Å². The molecular weight excluding hydrogens is 191 g/mol. The lowest BCUT2D eigenvalue weighted by Crippen LogP contribution is -2.65. The van der Waals surface area contributed by atoms with Crippen molar-refractivity contribution in [1.29, 1.82) is 0 Å². The average Bonchev–Trinajstić information content (AvgIpc) is 2.53. The summed E-state index contributed by atoms with van der Waals surface area (Å²) in [6.45, 7) is 6.91. The highest BCUT2D eigenvalue weighted by Gasteiger charge is 2.68. The molecule has 0 radical (unpaired) electrons. The zero-order valence-electron chi connectivity index (χ0n) is 9.95. The van der Waals surface area contributed by atoms with Gasteiger partial charge in [-0.25, -0.2) is 0 Å². The lowest BCUT2D eigenvalue weighted by atomic mass is 9.43. The van der Waals surface area contributed by atoms with Crippen LogP contribution >= 0.6 is 0 Å². The minimum Gasteiger partial charge on any atom is -0.389 e. The van der Waals surface area contributed by atoms with E-state index < -0.39 is 7.32 Å². The Hall–Kier alpha value is -0.0551.